The fourth-order valence-electron chi connectivity index (χ4n) is 3.46. The number of carbonyl (C=O) groups excluding carboxylic acids is 1. The zero-order valence-electron chi connectivity index (χ0n) is 16.0. The maximum atomic E-state index is 12.8. The van der Waals surface area contributed by atoms with Crippen molar-refractivity contribution in [2.75, 3.05) is 12.4 Å². The number of benzene rings is 1. The molecule has 0 aliphatic carbocycles. The van der Waals surface area contributed by atoms with Gasteiger partial charge in [0.2, 0.25) is 5.60 Å². The van der Waals surface area contributed by atoms with Gasteiger partial charge in [-0.1, -0.05) is 18.2 Å². The average molecular weight is 384 g/mol. The molecule has 0 amide bonds. The quantitative estimate of drug-likeness (QED) is 0.727. The van der Waals surface area contributed by atoms with Gasteiger partial charge in [0, 0.05) is 10.6 Å². The van der Waals surface area contributed by atoms with E-state index < -0.39 is 39.9 Å². The summed E-state index contributed by atoms with van der Waals surface area (Å²) in [6, 6.07) is 9.00. The van der Waals surface area contributed by atoms with Crippen molar-refractivity contribution in [2.45, 2.75) is 69.0 Å². The molecule has 1 aromatic rings. The van der Waals surface area contributed by atoms with Gasteiger partial charge in [0.25, 0.3) is 0 Å². The summed E-state index contributed by atoms with van der Waals surface area (Å²) in [6.07, 6.45) is -1.13. The van der Waals surface area contributed by atoms with Crippen LogP contribution in [0.1, 0.15) is 41.0 Å². The highest BCUT2D eigenvalue weighted by atomic mass is 32.2. The van der Waals surface area contributed by atoms with Crippen LogP contribution in [-0.4, -0.2) is 50.7 Å². The molecule has 0 saturated carbocycles. The molecule has 0 aromatic heterocycles. The Kier molecular flexibility index (Phi) is 6.28. The first-order chi connectivity index (χ1) is 12.1. The lowest BCUT2D eigenvalue weighted by Gasteiger charge is -2.39. The lowest BCUT2D eigenvalue weighted by molar-refractivity contribution is -0.207. The van der Waals surface area contributed by atoms with Gasteiger partial charge in [0.15, 0.2) is 5.79 Å². The largest absolute Gasteiger partial charge is 0.464 e. The molecule has 1 aliphatic heterocycles. The van der Waals surface area contributed by atoms with Gasteiger partial charge >= 0.3 is 5.97 Å². The Hall–Kier alpha value is -1.28. The molecule has 6 nitrogen and oxygen atoms in total. The number of rotatable bonds is 7. The molecule has 1 saturated heterocycles. The van der Waals surface area contributed by atoms with Crippen LogP contribution < -0.4 is 0 Å². The van der Waals surface area contributed by atoms with Gasteiger partial charge in [-0.15, -0.1) is 0 Å². The molecule has 1 N–H and O–H groups in total. The van der Waals surface area contributed by atoms with Crippen LogP contribution in [0.5, 0.6) is 0 Å². The third kappa shape index (κ3) is 4.01. The second-order valence-corrected chi connectivity index (χ2v) is 8.81. The number of ether oxygens (including phenoxy) is 3. The molecule has 3 unspecified atom stereocenters. The number of hydrogen-bond acceptors (Lipinski definition) is 6. The molecule has 1 aromatic carbocycles. The zero-order chi connectivity index (χ0) is 19.6. The monoisotopic (exact) mass is 384 g/mol. The van der Waals surface area contributed by atoms with Crippen molar-refractivity contribution >= 4 is 16.8 Å². The van der Waals surface area contributed by atoms with Crippen molar-refractivity contribution in [3.05, 3.63) is 30.3 Å². The lowest BCUT2D eigenvalue weighted by atomic mass is 9.80. The summed E-state index contributed by atoms with van der Waals surface area (Å²) in [7, 11) is -1.29. The standard InChI is InChI=1S/C19H28O6S/c1-6-23-16(21)19(17(2,3)24-18(4,5)25-19)15(20)12-13-26(22)14-10-8-7-9-11-14/h7-11,15,20H,6,12-13H2,1-5H3. The maximum absolute atomic E-state index is 12.8. The van der Waals surface area contributed by atoms with E-state index in [1.807, 2.05) is 18.2 Å². The molecule has 1 heterocycles. The Morgan fingerprint density at radius 3 is 2.31 bits per heavy atom. The van der Waals surface area contributed by atoms with E-state index in [1.165, 1.54) is 0 Å². The summed E-state index contributed by atoms with van der Waals surface area (Å²) >= 11 is 0. The fraction of sp³-hybridized carbons (Fsp3) is 0.632. The molecule has 1 fully saturated rings. The van der Waals surface area contributed by atoms with E-state index in [2.05, 4.69) is 0 Å². The SMILES string of the molecule is CCOC(=O)C1(C(O)CCS(=O)c2ccccc2)OC(C)(C)OC1(C)C. The molecule has 0 bridgehead atoms. The first kappa shape index (κ1) is 21.0. The Morgan fingerprint density at radius 2 is 1.81 bits per heavy atom. The molecular formula is C19H28O6S. The zero-order valence-corrected chi connectivity index (χ0v) is 16.8. The first-order valence-electron chi connectivity index (χ1n) is 8.75. The van der Waals surface area contributed by atoms with E-state index in [1.54, 1.807) is 46.8 Å². The van der Waals surface area contributed by atoms with E-state index >= 15 is 0 Å². The predicted octanol–water partition coefficient (Wildman–Crippen LogP) is 2.41. The highest BCUT2D eigenvalue weighted by molar-refractivity contribution is 7.85. The van der Waals surface area contributed by atoms with Gasteiger partial charge in [-0.3, -0.25) is 4.21 Å². The molecule has 146 valence electrons. The summed E-state index contributed by atoms with van der Waals surface area (Å²) in [5.74, 6) is -1.55. The average Bonchev–Trinajstić information content (AvgIpc) is 2.78. The van der Waals surface area contributed by atoms with Crippen molar-refractivity contribution in [2.24, 2.45) is 0 Å². The van der Waals surface area contributed by atoms with Crippen molar-refractivity contribution in [1.82, 2.24) is 0 Å². The second-order valence-electron chi connectivity index (χ2n) is 7.24. The Labute approximate surface area is 157 Å². The van der Waals surface area contributed by atoms with Crippen LogP contribution in [0.4, 0.5) is 0 Å². The molecule has 3 atom stereocenters. The summed E-state index contributed by atoms with van der Waals surface area (Å²) in [6.45, 7) is 8.60. The van der Waals surface area contributed by atoms with Crippen molar-refractivity contribution < 1.29 is 28.3 Å². The molecule has 2 rings (SSSR count). The van der Waals surface area contributed by atoms with Crippen LogP contribution in [0.15, 0.2) is 35.2 Å². The molecular weight excluding hydrogens is 356 g/mol. The summed E-state index contributed by atoms with van der Waals surface area (Å²) in [4.78, 5) is 13.4. The third-order valence-corrected chi connectivity index (χ3v) is 5.84. The second kappa shape index (κ2) is 7.76. The predicted molar refractivity (Wildman–Crippen MR) is 98.0 cm³/mol. The van der Waals surface area contributed by atoms with Crippen LogP contribution in [0.3, 0.4) is 0 Å². The molecule has 26 heavy (non-hydrogen) atoms. The van der Waals surface area contributed by atoms with Crippen LogP contribution in [0.2, 0.25) is 0 Å². The molecule has 7 heteroatoms. The highest BCUT2D eigenvalue weighted by Crippen LogP contribution is 2.47. The van der Waals surface area contributed by atoms with Crippen LogP contribution >= 0.6 is 0 Å². The fourth-order valence-corrected chi connectivity index (χ4v) is 4.60. The number of carbonyl (C=O) groups is 1. The van der Waals surface area contributed by atoms with Crippen LogP contribution in [0, 0.1) is 0 Å². The van der Waals surface area contributed by atoms with Gasteiger partial charge in [-0.2, -0.15) is 0 Å². The highest BCUT2D eigenvalue weighted by Gasteiger charge is 2.67. The molecule has 1 aliphatic rings. The summed E-state index contributed by atoms with van der Waals surface area (Å²) in [5, 5.41) is 10.9. The van der Waals surface area contributed by atoms with E-state index in [4.69, 9.17) is 14.2 Å². The topological polar surface area (TPSA) is 82.1 Å². The first-order valence-corrected chi connectivity index (χ1v) is 10.1. The number of aliphatic hydroxyl groups excluding tert-OH is 1. The van der Waals surface area contributed by atoms with Gasteiger partial charge in [0.1, 0.15) is 5.60 Å². The van der Waals surface area contributed by atoms with E-state index in [9.17, 15) is 14.1 Å². The molecule has 0 spiro atoms. The van der Waals surface area contributed by atoms with E-state index in [0.717, 1.165) is 0 Å². The smallest absolute Gasteiger partial charge is 0.344 e. The van der Waals surface area contributed by atoms with E-state index in [0.29, 0.717) is 4.90 Å². The van der Waals surface area contributed by atoms with Crippen LogP contribution in [0.25, 0.3) is 0 Å². The summed E-state index contributed by atoms with van der Waals surface area (Å²) in [5.41, 5.74) is -2.80. The number of esters is 1. The normalized spacial score (nSPS) is 26.2. The number of aliphatic hydroxyl groups is 1. The van der Waals surface area contributed by atoms with Crippen LogP contribution in [-0.2, 0) is 29.8 Å². The minimum atomic E-state index is -1.69. The lowest BCUT2D eigenvalue weighted by Crippen LogP contribution is -2.62. The third-order valence-electron chi connectivity index (χ3n) is 4.43. The van der Waals surface area contributed by atoms with Crippen molar-refractivity contribution in [1.29, 1.82) is 0 Å². The number of hydrogen-bond donors (Lipinski definition) is 1. The minimum Gasteiger partial charge on any atom is -0.464 e. The van der Waals surface area contributed by atoms with E-state index in [-0.39, 0.29) is 18.8 Å². The Balaban J connectivity index is 2.23. The summed E-state index contributed by atoms with van der Waals surface area (Å²) < 4.78 is 29.4. The van der Waals surface area contributed by atoms with Gasteiger partial charge in [-0.05, 0) is 53.2 Å². The van der Waals surface area contributed by atoms with Gasteiger partial charge in [-0.25, -0.2) is 4.79 Å². The van der Waals surface area contributed by atoms with Crippen molar-refractivity contribution in [3.8, 4) is 0 Å². The minimum absolute atomic E-state index is 0.100. The van der Waals surface area contributed by atoms with Crippen molar-refractivity contribution in [3.63, 3.8) is 0 Å². The van der Waals surface area contributed by atoms with Gasteiger partial charge in [0.05, 0.1) is 23.5 Å². The van der Waals surface area contributed by atoms with Gasteiger partial charge < -0.3 is 19.3 Å². The molecule has 0 radical (unpaired) electrons. The Morgan fingerprint density at radius 1 is 1.19 bits per heavy atom. The Bertz CT molecular complexity index is 657. The maximum Gasteiger partial charge on any atom is 0.344 e.